The van der Waals surface area contributed by atoms with E-state index in [1.807, 2.05) is 6.92 Å². The Labute approximate surface area is 234 Å². The molecule has 0 aromatic carbocycles. The van der Waals surface area contributed by atoms with Crippen molar-refractivity contribution in [2.24, 2.45) is 11.8 Å². The van der Waals surface area contributed by atoms with Crippen LogP contribution in [0.5, 0.6) is 0 Å². The quantitative estimate of drug-likeness (QED) is 0.347. The van der Waals surface area contributed by atoms with Crippen molar-refractivity contribution in [3.63, 3.8) is 0 Å². The summed E-state index contributed by atoms with van der Waals surface area (Å²) in [6.45, 7) is 3.50. The highest BCUT2D eigenvalue weighted by Crippen LogP contribution is 2.37. The molecule has 0 unspecified atom stereocenters. The number of rotatable bonds is 7. The Morgan fingerprint density at radius 1 is 1.12 bits per heavy atom. The Kier molecular flexibility index (Phi) is 6.96. The predicted molar refractivity (Wildman–Crippen MR) is 145 cm³/mol. The molecule has 1 aliphatic heterocycles. The van der Waals surface area contributed by atoms with Crippen LogP contribution in [-0.2, 0) is 6.54 Å². The van der Waals surface area contributed by atoms with Gasteiger partial charge in [0, 0.05) is 25.1 Å². The Morgan fingerprint density at radius 3 is 2.63 bits per heavy atom. The van der Waals surface area contributed by atoms with Gasteiger partial charge in [0.05, 0.1) is 36.5 Å². The second kappa shape index (κ2) is 10.6. The number of likely N-dealkylation sites (tertiary alicyclic amines) is 1. The standard InChI is InChI=1S/C28H31F2N9O2/c1-3-39-21(9-11-33-39)26(40)35-22(17-6-4-16(2)5-7-17)25-34-20-13-32-23(36-24(20)37-25)19-12-31-10-8-18(19)27(41)38-14-28(29,30)15-38/h8-13,16-17,22H,3-7,14-15H2,1-2H3,(H,35,40)(H,32,34,36,37)/t16-,17-,22-/m0/s1. The van der Waals surface area contributed by atoms with Crippen LogP contribution in [0.25, 0.3) is 22.6 Å². The molecule has 13 heteroatoms. The average Bonchev–Trinajstić information content (AvgIpc) is 3.61. The summed E-state index contributed by atoms with van der Waals surface area (Å²) in [7, 11) is 0. The van der Waals surface area contributed by atoms with Crippen LogP contribution < -0.4 is 5.32 Å². The van der Waals surface area contributed by atoms with Gasteiger partial charge < -0.3 is 15.2 Å². The summed E-state index contributed by atoms with van der Waals surface area (Å²) in [5.41, 5.74) is 1.95. The SMILES string of the molecule is CCn1nccc1C(=O)N[C@H](c1nc2nc(-c3cnccc3C(=O)N3CC(F)(F)C3)ncc2[nH]1)[C@H]1CC[C@H](C)CC1. The highest BCUT2D eigenvalue weighted by Gasteiger charge is 2.46. The minimum Gasteiger partial charge on any atom is -0.340 e. The lowest BCUT2D eigenvalue weighted by Gasteiger charge is -2.38. The minimum absolute atomic E-state index is 0.179. The minimum atomic E-state index is -2.87. The molecule has 1 atom stereocenters. The Hall–Kier alpha value is -4.29. The number of halogens is 2. The second-order valence-electron chi connectivity index (χ2n) is 11.0. The van der Waals surface area contributed by atoms with Crippen LogP contribution in [0.15, 0.2) is 36.9 Å². The third kappa shape index (κ3) is 5.27. The molecule has 4 aromatic heterocycles. The molecule has 6 rings (SSSR count). The Balaban J connectivity index is 1.31. The molecular weight excluding hydrogens is 532 g/mol. The van der Waals surface area contributed by atoms with Gasteiger partial charge in [-0.05, 0) is 43.7 Å². The number of amides is 2. The van der Waals surface area contributed by atoms with Gasteiger partial charge in [-0.15, -0.1) is 0 Å². The molecule has 2 aliphatic rings. The van der Waals surface area contributed by atoms with Gasteiger partial charge in [-0.25, -0.2) is 23.7 Å². The number of aryl methyl sites for hydroxylation is 1. The van der Waals surface area contributed by atoms with Gasteiger partial charge in [0.1, 0.15) is 17.0 Å². The van der Waals surface area contributed by atoms with E-state index in [1.165, 1.54) is 18.5 Å². The monoisotopic (exact) mass is 563 g/mol. The van der Waals surface area contributed by atoms with E-state index in [2.05, 4.69) is 37.3 Å². The summed E-state index contributed by atoms with van der Waals surface area (Å²) in [5.74, 6) is -2.03. The van der Waals surface area contributed by atoms with E-state index in [9.17, 15) is 18.4 Å². The number of imidazole rings is 1. The molecule has 0 bridgehead atoms. The summed E-state index contributed by atoms with van der Waals surface area (Å²) >= 11 is 0. The highest BCUT2D eigenvalue weighted by molar-refractivity contribution is 6.00. The zero-order valence-electron chi connectivity index (χ0n) is 22.8. The molecule has 0 radical (unpaired) electrons. The van der Waals surface area contributed by atoms with Crippen LogP contribution in [0.4, 0.5) is 8.78 Å². The van der Waals surface area contributed by atoms with E-state index >= 15 is 0 Å². The van der Waals surface area contributed by atoms with E-state index in [0.29, 0.717) is 40.7 Å². The fraction of sp³-hybridized carbons (Fsp3) is 0.464. The number of hydrogen-bond acceptors (Lipinski definition) is 7. The number of hydrogen-bond donors (Lipinski definition) is 2. The number of alkyl halides is 2. The van der Waals surface area contributed by atoms with Gasteiger partial charge in [0.15, 0.2) is 11.5 Å². The number of carbonyl (C=O) groups is 2. The van der Waals surface area contributed by atoms with Gasteiger partial charge >= 0.3 is 0 Å². The van der Waals surface area contributed by atoms with E-state index in [-0.39, 0.29) is 29.3 Å². The molecule has 11 nitrogen and oxygen atoms in total. The normalized spacial score (nSPS) is 20.9. The first-order valence-corrected chi connectivity index (χ1v) is 13.9. The third-order valence-electron chi connectivity index (χ3n) is 8.04. The van der Waals surface area contributed by atoms with Gasteiger partial charge in [-0.3, -0.25) is 19.3 Å². The van der Waals surface area contributed by atoms with Crippen LogP contribution >= 0.6 is 0 Å². The zero-order chi connectivity index (χ0) is 28.7. The molecule has 2 amide bonds. The lowest BCUT2D eigenvalue weighted by atomic mass is 9.79. The van der Waals surface area contributed by atoms with Crippen molar-refractivity contribution in [2.45, 2.75) is 58.0 Å². The number of aromatic nitrogens is 7. The Bertz CT molecular complexity index is 1580. The molecule has 2 fully saturated rings. The average molecular weight is 564 g/mol. The molecule has 4 aromatic rings. The molecule has 1 aliphatic carbocycles. The lowest BCUT2D eigenvalue weighted by molar-refractivity contribution is -0.113. The molecular formula is C28H31F2N9O2. The number of fused-ring (bicyclic) bond motifs is 1. The second-order valence-corrected chi connectivity index (χ2v) is 11.0. The van der Waals surface area contributed by atoms with Crippen molar-refractivity contribution >= 4 is 23.0 Å². The van der Waals surface area contributed by atoms with Crippen molar-refractivity contribution in [3.05, 3.63) is 54.0 Å². The largest absolute Gasteiger partial charge is 0.340 e. The topological polar surface area (TPSA) is 135 Å². The maximum absolute atomic E-state index is 13.4. The summed E-state index contributed by atoms with van der Waals surface area (Å²) in [6, 6.07) is 2.80. The number of carbonyl (C=O) groups excluding carboxylic acids is 2. The lowest BCUT2D eigenvalue weighted by Crippen LogP contribution is -2.58. The molecule has 1 saturated carbocycles. The first-order chi connectivity index (χ1) is 19.7. The molecule has 2 N–H and O–H groups in total. The fourth-order valence-electron chi connectivity index (χ4n) is 5.71. The third-order valence-corrected chi connectivity index (χ3v) is 8.04. The smallest absolute Gasteiger partial charge is 0.282 e. The number of aromatic amines is 1. The molecule has 41 heavy (non-hydrogen) atoms. The van der Waals surface area contributed by atoms with Crippen molar-refractivity contribution in [3.8, 4) is 11.4 Å². The zero-order valence-corrected chi connectivity index (χ0v) is 22.8. The van der Waals surface area contributed by atoms with Crippen LogP contribution in [0.1, 0.15) is 72.2 Å². The number of nitrogens with zero attached hydrogens (tertiary/aromatic N) is 7. The van der Waals surface area contributed by atoms with Gasteiger partial charge in [-0.2, -0.15) is 5.10 Å². The molecule has 214 valence electrons. The summed E-state index contributed by atoms with van der Waals surface area (Å²) < 4.78 is 28.5. The maximum Gasteiger partial charge on any atom is 0.282 e. The highest BCUT2D eigenvalue weighted by atomic mass is 19.3. The number of H-pyrrole nitrogens is 1. The van der Waals surface area contributed by atoms with E-state index < -0.39 is 24.9 Å². The van der Waals surface area contributed by atoms with Crippen molar-refractivity contribution in [2.75, 3.05) is 13.1 Å². The fourth-order valence-corrected chi connectivity index (χ4v) is 5.71. The van der Waals surface area contributed by atoms with Gasteiger partial charge in [0.25, 0.3) is 17.7 Å². The van der Waals surface area contributed by atoms with Gasteiger partial charge in [-0.1, -0.05) is 19.8 Å². The maximum atomic E-state index is 13.4. The van der Waals surface area contributed by atoms with E-state index in [4.69, 9.17) is 4.98 Å². The molecule has 1 saturated heterocycles. The van der Waals surface area contributed by atoms with Crippen LogP contribution in [0, 0.1) is 11.8 Å². The van der Waals surface area contributed by atoms with E-state index in [1.54, 1.807) is 23.1 Å². The van der Waals surface area contributed by atoms with Crippen molar-refractivity contribution in [1.29, 1.82) is 0 Å². The van der Waals surface area contributed by atoms with E-state index in [0.717, 1.165) is 30.6 Å². The predicted octanol–water partition coefficient (Wildman–Crippen LogP) is 4.02. The summed E-state index contributed by atoms with van der Waals surface area (Å²) in [6.07, 6.45) is 10.1. The summed E-state index contributed by atoms with van der Waals surface area (Å²) in [5, 5.41) is 7.42. The molecule has 5 heterocycles. The van der Waals surface area contributed by atoms with Crippen LogP contribution in [0.3, 0.4) is 0 Å². The molecule has 0 spiro atoms. The number of nitrogens with one attached hydrogen (secondary N) is 2. The van der Waals surface area contributed by atoms with Gasteiger partial charge in [0.2, 0.25) is 0 Å². The first-order valence-electron chi connectivity index (χ1n) is 13.9. The Morgan fingerprint density at radius 2 is 1.90 bits per heavy atom. The van der Waals surface area contributed by atoms with Crippen LogP contribution in [0.2, 0.25) is 0 Å². The van der Waals surface area contributed by atoms with Crippen molar-refractivity contribution in [1.82, 2.24) is 44.9 Å². The van der Waals surface area contributed by atoms with Crippen LogP contribution in [-0.4, -0.2) is 70.4 Å². The number of pyridine rings is 1. The first kappa shape index (κ1) is 26.9. The summed E-state index contributed by atoms with van der Waals surface area (Å²) in [4.78, 5) is 48.6. The van der Waals surface area contributed by atoms with Crippen molar-refractivity contribution < 1.29 is 18.4 Å².